The fourth-order valence-corrected chi connectivity index (χ4v) is 2.72. The van der Waals surface area contributed by atoms with Gasteiger partial charge in [-0.3, -0.25) is 0 Å². The molecule has 0 radical (unpaired) electrons. The van der Waals surface area contributed by atoms with Crippen molar-refractivity contribution in [3.05, 3.63) is 23.9 Å². The summed E-state index contributed by atoms with van der Waals surface area (Å²) in [5, 5.41) is 6.90. The van der Waals surface area contributed by atoms with Gasteiger partial charge in [0.2, 0.25) is 0 Å². The topological polar surface area (TPSA) is 52.6 Å². The number of rotatable bonds is 5. The van der Waals surface area contributed by atoms with E-state index in [1.807, 2.05) is 37.2 Å². The van der Waals surface area contributed by atoms with Crippen LogP contribution < -0.4 is 15.5 Å². The van der Waals surface area contributed by atoms with Crippen molar-refractivity contribution in [3.8, 4) is 0 Å². The number of anilines is 1. The molecular formula is C17H30IN5. The molecule has 6 heteroatoms. The highest BCUT2D eigenvalue weighted by atomic mass is 127. The first kappa shape index (κ1) is 20.0. The molecule has 1 heterocycles. The number of guanidine groups is 1. The van der Waals surface area contributed by atoms with Crippen LogP contribution in [0.5, 0.6) is 0 Å². The van der Waals surface area contributed by atoms with Crippen LogP contribution in [0.4, 0.5) is 5.82 Å². The Morgan fingerprint density at radius 1 is 1.26 bits per heavy atom. The SMILES string of the molecule is CCNC(=NCc1cccc(N(C)C)n1)NC1CCCCC1.I. The Balaban J connectivity index is 0.00000264. The maximum absolute atomic E-state index is 4.69. The van der Waals surface area contributed by atoms with Crippen molar-refractivity contribution >= 4 is 35.8 Å². The Labute approximate surface area is 157 Å². The summed E-state index contributed by atoms with van der Waals surface area (Å²) < 4.78 is 0. The van der Waals surface area contributed by atoms with Crippen molar-refractivity contribution in [2.24, 2.45) is 4.99 Å². The largest absolute Gasteiger partial charge is 0.363 e. The van der Waals surface area contributed by atoms with E-state index in [1.54, 1.807) is 0 Å². The lowest BCUT2D eigenvalue weighted by atomic mass is 9.96. The van der Waals surface area contributed by atoms with Gasteiger partial charge in [0.15, 0.2) is 5.96 Å². The molecule has 0 atom stereocenters. The predicted molar refractivity (Wildman–Crippen MR) is 109 cm³/mol. The van der Waals surface area contributed by atoms with Gasteiger partial charge in [-0.15, -0.1) is 24.0 Å². The first-order chi connectivity index (χ1) is 10.7. The minimum absolute atomic E-state index is 0. The lowest BCUT2D eigenvalue weighted by Crippen LogP contribution is -2.44. The van der Waals surface area contributed by atoms with Crippen LogP contribution in [-0.4, -0.2) is 37.6 Å². The average molecular weight is 431 g/mol. The van der Waals surface area contributed by atoms with E-state index in [0.717, 1.165) is 24.0 Å². The third-order valence-electron chi connectivity index (χ3n) is 3.94. The van der Waals surface area contributed by atoms with Crippen LogP contribution in [0.25, 0.3) is 0 Å². The van der Waals surface area contributed by atoms with Gasteiger partial charge in [0.1, 0.15) is 5.82 Å². The molecule has 0 amide bonds. The third kappa shape index (κ3) is 6.93. The maximum Gasteiger partial charge on any atom is 0.191 e. The van der Waals surface area contributed by atoms with Gasteiger partial charge in [-0.25, -0.2) is 9.98 Å². The molecule has 1 aromatic rings. The molecule has 0 aromatic carbocycles. The number of pyridine rings is 1. The fraction of sp³-hybridized carbons (Fsp3) is 0.647. The van der Waals surface area contributed by atoms with Crippen molar-refractivity contribution in [1.29, 1.82) is 0 Å². The van der Waals surface area contributed by atoms with E-state index in [4.69, 9.17) is 4.99 Å². The second-order valence-electron chi connectivity index (χ2n) is 6.06. The molecule has 2 rings (SSSR count). The van der Waals surface area contributed by atoms with Crippen LogP contribution in [0, 0.1) is 0 Å². The number of halogens is 1. The monoisotopic (exact) mass is 431 g/mol. The van der Waals surface area contributed by atoms with Crippen molar-refractivity contribution in [2.75, 3.05) is 25.5 Å². The Hall–Kier alpha value is -1.05. The standard InChI is InChI=1S/C17H29N5.HI/c1-4-18-17(21-14-9-6-5-7-10-14)19-13-15-11-8-12-16(20-15)22(2)3;/h8,11-12,14H,4-7,9-10,13H2,1-3H3,(H2,18,19,21);1H. The molecule has 0 bridgehead atoms. The molecule has 0 unspecified atom stereocenters. The summed E-state index contributed by atoms with van der Waals surface area (Å²) in [6.07, 6.45) is 6.51. The lowest BCUT2D eigenvalue weighted by molar-refractivity contribution is 0.410. The smallest absolute Gasteiger partial charge is 0.191 e. The normalized spacial score (nSPS) is 15.7. The van der Waals surface area contributed by atoms with Gasteiger partial charge < -0.3 is 15.5 Å². The minimum atomic E-state index is 0. The second kappa shape index (κ2) is 10.7. The van der Waals surface area contributed by atoms with Crippen LogP contribution in [0.2, 0.25) is 0 Å². The first-order valence-corrected chi connectivity index (χ1v) is 8.37. The Kier molecular flexibility index (Phi) is 9.28. The molecule has 1 saturated carbocycles. The van der Waals surface area contributed by atoms with Crippen LogP contribution >= 0.6 is 24.0 Å². The number of aliphatic imine (C=N–C) groups is 1. The summed E-state index contributed by atoms with van der Waals surface area (Å²) in [7, 11) is 4.01. The van der Waals surface area contributed by atoms with Gasteiger partial charge in [-0.05, 0) is 31.9 Å². The van der Waals surface area contributed by atoms with Gasteiger partial charge in [-0.1, -0.05) is 25.3 Å². The average Bonchev–Trinajstić information content (AvgIpc) is 2.54. The van der Waals surface area contributed by atoms with Crippen molar-refractivity contribution in [3.63, 3.8) is 0 Å². The van der Waals surface area contributed by atoms with Crippen LogP contribution in [0.15, 0.2) is 23.2 Å². The second-order valence-corrected chi connectivity index (χ2v) is 6.06. The van der Waals surface area contributed by atoms with Gasteiger partial charge in [-0.2, -0.15) is 0 Å². The van der Waals surface area contributed by atoms with Crippen LogP contribution in [-0.2, 0) is 6.54 Å². The van der Waals surface area contributed by atoms with Crippen LogP contribution in [0.1, 0.15) is 44.7 Å². The highest BCUT2D eigenvalue weighted by molar-refractivity contribution is 14.0. The van der Waals surface area contributed by atoms with E-state index in [0.29, 0.717) is 12.6 Å². The van der Waals surface area contributed by atoms with E-state index in [9.17, 15) is 0 Å². The number of nitrogens with one attached hydrogen (secondary N) is 2. The van der Waals surface area contributed by atoms with E-state index >= 15 is 0 Å². The molecule has 1 fully saturated rings. The minimum Gasteiger partial charge on any atom is -0.363 e. The molecule has 0 spiro atoms. The van der Waals surface area contributed by atoms with Crippen molar-refractivity contribution in [2.45, 2.75) is 51.6 Å². The van der Waals surface area contributed by atoms with E-state index < -0.39 is 0 Å². The summed E-state index contributed by atoms with van der Waals surface area (Å²) in [4.78, 5) is 11.3. The zero-order chi connectivity index (χ0) is 15.8. The van der Waals surface area contributed by atoms with Crippen molar-refractivity contribution in [1.82, 2.24) is 15.6 Å². The molecule has 1 aliphatic rings. The van der Waals surface area contributed by atoms with E-state index in [-0.39, 0.29) is 24.0 Å². The Morgan fingerprint density at radius 2 is 2.00 bits per heavy atom. The van der Waals surface area contributed by atoms with Gasteiger partial charge >= 0.3 is 0 Å². The molecule has 1 aromatic heterocycles. The molecule has 0 saturated heterocycles. The maximum atomic E-state index is 4.69. The number of hydrogen-bond acceptors (Lipinski definition) is 3. The van der Waals surface area contributed by atoms with Gasteiger partial charge in [0.25, 0.3) is 0 Å². The number of nitrogens with zero attached hydrogens (tertiary/aromatic N) is 3. The third-order valence-corrected chi connectivity index (χ3v) is 3.94. The molecule has 1 aliphatic carbocycles. The zero-order valence-corrected chi connectivity index (χ0v) is 16.8. The highest BCUT2D eigenvalue weighted by Gasteiger charge is 2.14. The number of hydrogen-bond donors (Lipinski definition) is 2. The summed E-state index contributed by atoms with van der Waals surface area (Å²) in [6.45, 7) is 3.58. The summed E-state index contributed by atoms with van der Waals surface area (Å²) in [5.41, 5.74) is 0.993. The Morgan fingerprint density at radius 3 is 2.65 bits per heavy atom. The van der Waals surface area contributed by atoms with E-state index in [1.165, 1.54) is 32.1 Å². The highest BCUT2D eigenvalue weighted by Crippen LogP contribution is 2.17. The molecule has 5 nitrogen and oxygen atoms in total. The first-order valence-electron chi connectivity index (χ1n) is 8.37. The summed E-state index contributed by atoms with van der Waals surface area (Å²) in [5.74, 6) is 1.88. The van der Waals surface area contributed by atoms with Crippen LogP contribution in [0.3, 0.4) is 0 Å². The number of aromatic nitrogens is 1. The molecule has 23 heavy (non-hydrogen) atoms. The van der Waals surface area contributed by atoms with Gasteiger partial charge in [0.05, 0.1) is 12.2 Å². The fourth-order valence-electron chi connectivity index (χ4n) is 2.72. The summed E-state index contributed by atoms with van der Waals surface area (Å²) in [6, 6.07) is 6.64. The zero-order valence-electron chi connectivity index (χ0n) is 14.5. The van der Waals surface area contributed by atoms with Gasteiger partial charge in [0, 0.05) is 26.7 Å². The lowest BCUT2D eigenvalue weighted by Gasteiger charge is -2.24. The quantitative estimate of drug-likeness (QED) is 0.427. The predicted octanol–water partition coefficient (Wildman–Crippen LogP) is 3.15. The summed E-state index contributed by atoms with van der Waals surface area (Å²) >= 11 is 0. The molecule has 130 valence electrons. The van der Waals surface area contributed by atoms with E-state index in [2.05, 4.69) is 22.5 Å². The molecule has 0 aliphatic heterocycles. The Bertz CT molecular complexity index is 484. The molecule has 2 N–H and O–H groups in total. The molecular weight excluding hydrogens is 401 g/mol. The van der Waals surface area contributed by atoms with Crippen molar-refractivity contribution < 1.29 is 0 Å².